The zero-order valence-corrected chi connectivity index (χ0v) is 11.9. The van der Waals surface area contributed by atoms with Gasteiger partial charge in [0.05, 0.1) is 18.5 Å². The molecule has 0 spiro atoms. The van der Waals surface area contributed by atoms with Crippen LogP contribution in [0, 0.1) is 5.82 Å². The van der Waals surface area contributed by atoms with E-state index in [0.29, 0.717) is 18.8 Å². The number of hydrogen-bond donors (Lipinski definition) is 2. The summed E-state index contributed by atoms with van der Waals surface area (Å²) in [5, 5.41) is 6.59. The molecule has 21 heavy (non-hydrogen) atoms. The van der Waals surface area contributed by atoms with E-state index in [1.807, 2.05) is 24.3 Å². The number of furan rings is 1. The Balaban J connectivity index is 1.62. The van der Waals surface area contributed by atoms with Crippen LogP contribution in [0.1, 0.15) is 11.3 Å². The Morgan fingerprint density at radius 1 is 1.19 bits per heavy atom. The van der Waals surface area contributed by atoms with E-state index in [1.165, 1.54) is 0 Å². The van der Waals surface area contributed by atoms with Crippen molar-refractivity contribution in [2.75, 3.05) is 31.1 Å². The first-order valence-electron chi connectivity index (χ1n) is 7.30. The number of piperazine rings is 1. The predicted octanol–water partition coefficient (Wildman–Crippen LogP) is 2.12. The van der Waals surface area contributed by atoms with Gasteiger partial charge in [0.15, 0.2) is 0 Å². The summed E-state index contributed by atoms with van der Waals surface area (Å²) < 4.78 is 19.3. The Bertz CT molecular complexity index is 565. The summed E-state index contributed by atoms with van der Waals surface area (Å²) in [5.74, 6) is 0.756. The van der Waals surface area contributed by atoms with Gasteiger partial charge < -0.3 is 20.0 Å². The number of rotatable bonds is 5. The third-order valence-corrected chi connectivity index (χ3v) is 3.68. The van der Waals surface area contributed by atoms with Crippen LogP contribution in [0.2, 0.25) is 0 Å². The Morgan fingerprint density at radius 2 is 2.05 bits per heavy atom. The monoisotopic (exact) mass is 289 g/mol. The molecule has 1 aliphatic heterocycles. The summed E-state index contributed by atoms with van der Waals surface area (Å²) in [6.45, 7) is 4.87. The fourth-order valence-electron chi connectivity index (χ4n) is 2.56. The Labute approximate surface area is 123 Å². The van der Waals surface area contributed by atoms with E-state index in [0.717, 1.165) is 37.5 Å². The summed E-state index contributed by atoms with van der Waals surface area (Å²) in [4.78, 5) is 2.10. The molecule has 0 radical (unpaired) electrons. The molecule has 1 aromatic heterocycles. The van der Waals surface area contributed by atoms with Gasteiger partial charge in [-0.2, -0.15) is 0 Å². The molecule has 2 aromatic rings. The third-order valence-electron chi connectivity index (χ3n) is 3.68. The summed E-state index contributed by atoms with van der Waals surface area (Å²) >= 11 is 0. The Hall–Kier alpha value is -1.85. The predicted molar refractivity (Wildman–Crippen MR) is 80.7 cm³/mol. The van der Waals surface area contributed by atoms with Gasteiger partial charge in [-0.15, -0.1) is 0 Å². The van der Waals surface area contributed by atoms with E-state index < -0.39 is 0 Å². The van der Waals surface area contributed by atoms with Gasteiger partial charge in [-0.25, -0.2) is 4.39 Å². The normalized spacial score (nSPS) is 15.4. The van der Waals surface area contributed by atoms with Crippen molar-refractivity contribution < 1.29 is 8.81 Å². The van der Waals surface area contributed by atoms with Crippen molar-refractivity contribution >= 4 is 5.69 Å². The van der Waals surface area contributed by atoms with E-state index >= 15 is 0 Å². The molecule has 1 fully saturated rings. The number of hydrogen-bond acceptors (Lipinski definition) is 4. The first kappa shape index (κ1) is 14.1. The topological polar surface area (TPSA) is 40.4 Å². The number of benzene rings is 1. The largest absolute Gasteiger partial charge is 0.468 e. The van der Waals surface area contributed by atoms with E-state index in [4.69, 9.17) is 4.42 Å². The highest BCUT2D eigenvalue weighted by molar-refractivity contribution is 5.50. The summed E-state index contributed by atoms with van der Waals surface area (Å²) in [7, 11) is 0. The maximum Gasteiger partial charge on any atom is 0.146 e. The molecule has 1 saturated heterocycles. The van der Waals surface area contributed by atoms with Gasteiger partial charge in [0, 0.05) is 32.7 Å². The lowest BCUT2D eigenvalue weighted by Gasteiger charge is -2.30. The van der Waals surface area contributed by atoms with Crippen LogP contribution in [0.5, 0.6) is 0 Å². The van der Waals surface area contributed by atoms with Crippen LogP contribution in [0.3, 0.4) is 0 Å². The lowest BCUT2D eigenvalue weighted by Crippen LogP contribution is -2.43. The van der Waals surface area contributed by atoms with Crippen molar-refractivity contribution in [3.8, 4) is 0 Å². The van der Waals surface area contributed by atoms with E-state index in [1.54, 1.807) is 12.3 Å². The fourth-order valence-corrected chi connectivity index (χ4v) is 2.56. The molecule has 0 unspecified atom stereocenters. The number of anilines is 1. The third kappa shape index (κ3) is 3.62. The number of nitrogens with one attached hydrogen (secondary N) is 2. The summed E-state index contributed by atoms with van der Waals surface area (Å²) in [6.07, 6.45) is 1.66. The first-order valence-corrected chi connectivity index (χ1v) is 7.30. The van der Waals surface area contributed by atoms with Gasteiger partial charge in [0.2, 0.25) is 0 Å². The van der Waals surface area contributed by atoms with Crippen LogP contribution < -0.4 is 15.5 Å². The van der Waals surface area contributed by atoms with Crippen LogP contribution in [0.4, 0.5) is 10.1 Å². The standard InChI is InChI=1S/C16H20FN3O/c17-15-4-3-13(11-19-12-14-2-1-9-21-14)10-16(15)20-7-5-18-6-8-20/h1-4,9-10,18-19H,5-8,11-12H2. The number of halogens is 1. The summed E-state index contributed by atoms with van der Waals surface area (Å²) in [6, 6.07) is 9.13. The van der Waals surface area contributed by atoms with E-state index in [9.17, 15) is 4.39 Å². The van der Waals surface area contributed by atoms with Gasteiger partial charge in [-0.05, 0) is 29.8 Å². The lowest BCUT2D eigenvalue weighted by molar-refractivity contribution is 0.483. The zero-order valence-electron chi connectivity index (χ0n) is 11.9. The molecule has 0 saturated carbocycles. The minimum Gasteiger partial charge on any atom is -0.468 e. The fraction of sp³-hybridized carbons (Fsp3) is 0.375. The van der Waals surface area contributed by atoms with Crippen molar-refractivity contribution in [2.45, 2.75) is 13.1 Å². The van der Waals surface area contributed by atoms with Gasteiger partial charge in [-0.3, -0.25) is 0 Å². The van der Waals surface area contributed by atoms with Gasteiger partial charge in [-0.1, -0.05) is 6.07 Å². The Morgan fingerprint density at radius 3 is 2.81 bits per heavy atom. The van der Waals surface area contributed by atoms with E-state index in [-0.39, 0.29) is 5.82 Å². The molecule has 5 heteroatoms. The SMILES string of the molecule is Fc1ccc(CNCc2ccco2)cc1N1CCNCC1. The highest BCUT2D eigenvalue weighted by Crippen LogP contribution is 2.21. The zero-order chi connectivity index (χ0) is 14.5. The van der Waals surface area contributed by atoms with E-state index in [2.05, 4.69) is 15.5 Å². The molecule has 0 atom stereocenters. The molecular weight excluding hydrogens is 269 g/mol. The second-order valence-electron chi connectivity index (χ2n) is 5.21. The molecule has 0 aliphatic carbocycles. The van der Waals surface area contributed by atoms with Crippen molar-refractivity contribution in [1.29, 1.82) is 0 Å². The smallest absolute Gasteiger partial charge is 0.146 e. The van der Waals surface area contributed by atoms with Crippen LogP contribution >= 0.6 is 0 Å². The lowest BCUT2D eigenvalue weighted by atomic mass is 10.1. The molecule has 0 bridgehead atoms. The molecule has 4 nitrogen and oxygen atoms in total. The van der Waals surface area contributed by atoms with Crippen molar-refractivity contribution in [1.82, 2.24) is 10.6 Å². The van der Waals surface area contributed by atoms with Gasteiger partial charge >= 0.3 is 0 Å². The van der Waals surface area contributed by atoms with Crippen LogP contribution in [0.15, 0.2) is 41.0 Å². The molecule has 112 valence electrons. The van der Waals surface area contributed by atoms with Crippen LogP contribution in [0.25, 0.3) is 0 Å². The Kier molecular flexibility index (Phi) is 4.52. The maximum absolute atomic E-state index is 14.0. The van der Waals surface area contributed by atoms with Crippen molar-refractivity contribution in [3.05, 3.63) is 53.7 Å². The van der Waals surface area contributed by atoms with Crippen LogP contribution in [-0.4, -0.2) is 26.2 Å². The van der Waals surface area contributed by atoms with Gasteiger partial charge in [0.25, 0.3) is 0 Å². The minimum absolute atomic E-state index is 0.147. The molecule has 1 aromatic carbocycles. The second kappa shape index (κ2) is 6.74. The quantitative estimate of drug-likeness (QED) is 0.884. The maximum atomic E-state index is 14.0. The van der Waals surface area contributed by atoms with Crippen molar-refractivity contribution in [3.63, 3.8) is 0 Å². The molecular formula is C16H20FN3O. The highest BCUT2D eigenvalue weighted by atomic mass is 19.1. The first-order chi connectivity index (χ1) is 10.3. The molecule has 3 rings (SSSR count). The van der Waals surface area contributed by atoms with Crippen molar-refractivity contribution in [2.24, 2.45) is 0 Å². The highest BCUT2D eigenvalue weighted by Gasteiger charge is 2.14. The molecule has 0 amide bonds. The molecule has 2 heterocycles. The average molecular weight is 289 g/mol. The number of nitrogens with zero attached hydrogens (tertiary/aromatic N) is 1. The molecule has 2 N–H and O–H groups in total. The minimum atomic E-state index is -0.147. The second-order valence-corrected chi connectivity index (χ2v) is 5.21. The average Bonchev–Trinajstić information content (AvgIpc) is 3.03. The summed E-state index contributed by atoms with van der Waals surface area (Å²) in [5.41, 5.74) is 1.78. The molecule has 1 aliphatic rings. The van der Waals surface area contributed by atoms with Gasteiger partial charge in [0.1, 0.15) is 11.6 Å². The van der Waals surface area contributed by atoms with Crippen LogP contribution in [-0.2, 0) is 13.1 Å².